The standard InChI is InChI=1S/C34H28O10/c35-30(23-13-5-1-6-14-23)40-22-34(39)29(44-33(38)26-19-11-4-12-20-26)28(43-32(37)25-17-9-3-10-18-25)27(21-41-34)42-31(36)24-15-7-2-8-16-24/h1-20,27-29,39H,21-22H2/t27?,28?,29?,34-/m0/s1. The van der Waals surface area contributed by atoms with Gasteiger partial charge in [-0.2, -0.15) is 0 Å². The molecule has 0 radical (unpaired) electrons. The fourth-order valence-corrected chi connectivity index (χ4v) is 4.51. The summed E-state index contributed by atoms with van der Waals surface area (Å²) < 4.78 is 28.3. The normalized spacial score (nSPS) is 21.0. The quantitative estimate of drug-likeness (QED) is 0.221. The third-order valence-electron chi connectivity index (χ3n) is 6.79. The van der Waals surface area contributed by atoms with Crippen molar-refractivity contribution in [2.45, 2.75) is 24.1 Å². The van der Waals surface area contributed by atoms with Crippen molar-refractivity contribution in [2.24, 2.45) is 0 Å². The Morgan fingerprint density at radius 3 is 1.43 bits per heavy atom. The van der Waals surface area contributed by atoms with E-state index in [1.54, 1.807) is 72.8 Å². The summed E-state index contributed by atoms with van der Waals surface area (Å²) in [6.45, 7) is -1.31. The zero-order chi connectivity index (χ0) is 30.9. The predicted octanol–water partition coefficient (Wildman–Crippen LogP) is 4.24. The molecule has 10 heteroatoms. The molecular formula is C34H28O10. The van der Waals surface area contributed by atoms with Crippen LogP contribution in [0.1, 0.15) is 41.4 Å². The average Bonchev–Trinajstić information content (AvgIpc) is 3.08. The molecule has 5 rings (SSSR count). The maximum absolute atomic E-state index is 13.3. The number of carbonyl (C=O) groups excluding carboxylic acids is 4. The summed E-state index contributed by atoms with van der Waals surface area (Å²) in [7, 11) is 0. The highest BCUT2D eigenvalue weighted by atomic mass is 16.7. The Hall–Kier alpha value is -5.32. The first-order valence-corrected chi connectivity index (χ1v) is 13.7. The number of hydrogen-bond donors (Lipinski definition) is 1. The average molecular weight is 597 g/mol. The number of ether oxygens (including phenoxy) is 5. The number of carbonyl (C=O) groups is 4. The largest absolute Gasteiger partial charge is 0.456 e. The highest BCUT2D eigenvalue weighted by molar-refractivity contribution is 5.91. The molecule has 224 valence electrons. The molecule has 1 N–H and O–H groups in total. The lowest BCUT2D eigenvalue weighted by molar-refractivity contribution is -0.327. The highest BCUT2D eigenvalue weighted by Gasteiger charge is 2.57. The van der Waals surface area contributed by atoms with E-state index in [2.05, 4.69) is 0 Å². The van der Waals surface area contributed by atoms with E-state index in [-0.39, 0.29) is 22.3 Å². The first-order chi connectivity index (χ1) is 21.3. The van der Waals surface area contributed by atoms with Gasteiger partial charge in [0, 0.05) is 0 Å². The molecule has 4 aromatic rings. The Labute approximate surface area is 252 Å². The van der Waals surface area contributed by atoms with Crippen LogP contribution in [-0.2, 0) is 23.7 Å². The molecule has 0 aromatic heterocycles. The van der Waals surface area contributed by atoms with Crippen LogP contribution in [0.2, 0.25) is 0 Å². The molecule has 1 heterocycles. The minimum Gasteiger partial charge on any atom is -0.456 e. The Balaban J connectivity index is 1.48. The number of rotatable bonds is 9. The van der Waals surface area contributed by atoms with Gasteiger partial charge in [0.1, 0.15) is 6.61 Å². The fraction of sp³-hybridized carbons (Fsp3) is 0.176. The Kier molecular flexibility index (Phi) is 9.43. The third-order valence-corrected chi connectivity index (χ3v) is 6.79. The topological polar surface area (TPSA) is 135 Å². The highest BCUT2D eigenvalue weighted by Crippen LogP contribution is 2.33. The molecule has 10 nitrogen and oxygen atoms in total. The van der Waals surface area contributed by atoms with Crippen LogP contribution in [0.25, 0.3) is 0 Å². The second-order valence-corrected chi connectivity index (χ2v) is 9.84. The third kappa shape index (κ3) is 7.17. The summed E-state index contributed by atoms with van der Waals surface area (Å²) >= 11 is 0. The van der Waals surface area contributed by atoms with E-state index in [9.17, 15) is 24.3 Å². The Morgan fingerprint density at radius 2 is 0.977 bits per heavy atom. The second-order valence-electron chi connectivity index (χ2n) is 9.84. The summed E-state index contributed by atoms with van der Waals surface area (Å²) in [5.41, 5.74) is 0.675. The molecule has 0 spiro atoms. The van der Waals surface area contributed by atoms with Crippen molar-refractivity contribution in [1.29, 1.82) is 0 Å². The number of aliphatic hydroxyl groups is 1. The van der Waals surface area contributed by atoms with Crippen molar-refractivity contribution in [3.05, 3.63) is 144 Å². The first kappa shape index (κ1) is 30.1. The maximum atomic E-state index is 13.3. The van der Waals surface area contributed by atoms with Gasteiger partial charge in [0.15, 0.2) is 18.3 Å². The summed E-state index contributed by atoms with van der Waals surface area (Å²) in [5, 5.41) is 11.7. The Morgan fingerprint density at radius 1 is 0.591 bits per heavy atom. The summed E-state index contributed by atoms with van der Waals surface area (Å²) in [6.07, 6.45) is -4.74. The van der Waals surface area contributed by atoms with Crippen LogP contribution in [0.3, 0.4) is 0 Å². The zero-order valence-corrected chi connectivity index (χ0v) is 23.3. The van der Waals surface area contributed by atoms with Gasteiger partial charge in [0.05, 0.1) is 28.9 Å². The minimum atomic E-state index is -2.51. The van der Waals surface area contributed by atoms with Crippen LogP contribution in [0, 0.1) is 0 Å². The van der Waals surface area contributed by atoms with Crippen LogP contribution < -0.4 is 0 Å². The molecule has 1 aliphatic heterocycles. The van der Waals surface area contributed by atoms with Crippen molar-refractivity contribution in [2.75, 3.05) is 13.2 Å². The van der Waals surface area contributed by atoms with E-state index in [0.29, 0.717) is 0 Å². The van der Waals surface area contributed by atoms with Crippen LogP contribution in [0.15, 0.2) is 121 Å². The second kappa shape index (κ2) is 13.8. The predicted molar refractivity (Wildman–Crippen MR) is 155 cm³/mol. The molecule has 3 unspecified atom stereocenters. The van der Waals surface area contributed by atoms with Gasteiger partial charge >= 0.3 is 23.9 Å². The first-order valence-electron chi connectivity index (χ1n) is 13.7. The zero-order valence-electron chi connectivity index (χ0n) is 23.3. The van der Waals surface area contributed by atoms with Gasteiger partial charge in [-0.05, 0) is 48.5 Å². The van der Waals surface area contributed by atoms with Crippen LogP contribution in [0.5, 0.6) is 0 Å². The van der Waals surface area contributed by atoms with Gasteiger partial charge < -0.3 is 28.8 Å². The molecule has 4 atom stereocenters. The van der Waals surface area contributed by atoms with Crippen molar-refractivity contribution in [3.63, 3.8) is 0 Å². The maximum Gasteiger partial charge on any atom is 0.338 e. The summed E-state index contributed by atoms with van der Waals surface area (Å²) in [4.78, 5) is 52.3. The van der Waals surface area contributed by atoms with Gasteiger partial charge in [-0.15, -0.1) is 0 Å². The molecule has 0 aliphatic carbocycles. The van der Waals surface area contributed by atoms with E-state index in [0.717, 1.165) is 0 Å². The van der Waals surface area contributed by atoms with Crippen molar-refractivity contribution >= 4 is 23.9 Å². The Bertz CT molecular complexity index is 1580. The van der Waals surface area contributed by atoms with E-state index in [4.69, 9.17) is 23.7 Å². The smallest absolute Gasteiger partial charge is 0.338 e. The SMILES string of the molecule is O=C(OC[C@]1(O)OCC(OC(=O)c2ccccc2)C(OC(=O)c2ccccc2)C1OC(=O)c1ccccc1)c1ccccc1. The van der Waals surface area contributed by atoms with Crippen molar-refractivity contribution in [3.8, 4) is 0 Å². The van der Waals surface area contributed by atoms with Crippen LogP contribution in [-0.4, -0.2) is 66.3 Å². The van der Waals surface area contributed by atoms with E-state index < -0.39 is 61.2 Å². The summed E-state index contributed by atoms with van der Waals surface area (Å²) in [5.74, 6) is -5.81. The van der Waals surface area contributed by atoms with E-state index in [1.165, 1.54) is 48.5 Å². The van der Waals surface area contributed by atoms with Crippen LogP contribution in [0.4, 0.5) is 0 Å². The van der Waals surface area contributed by atoms with Gasteiger partial charge in [0.25, 0.3) is 0 Å². The monoisotopic (exact) mass is 596 g/mol. The number of esters is 4. The summed E-state index contributed by atoms with van der Waals surface area (Å²) in [6, 6.07) is 32.0. The molecule has 44 heavy (non-hydrogen) atoms. The molecule has 1 aliphatic rings. The molecular weight excluding hydrogens is 568 g/mol. The van der Waals surface area contributed by atoms with Gasteiger partial charge in [0.2, 0.25) is 5.79 Å². The number of benzene rings is 4. The molecule has 0 bridgehead atoms. The van der Waals surface area contributed by atoms with Crippen LogP contribution >= 0.6 is 0 Å². The van der Waals surface area contributed by atoms with E-state index in [1.807, 2.05) is 0 Å². The van der Waals surface area contributed by atoms with Gasteiger partial charge in [-0.1, -0.05) is 72.8 Å². The molecule has 4 aromatic carbocycles. The molecule has 0 amide bonds. The molecule has 1 fully saturated rings. The van der Waals surface area contributed by atoms with Gasteiger partial charge in [-0.25, -0.2) is 19.2 Å². The lowest BCUT2D eigenvalue weighted by Crippen LogP contribution is -2.66. The minimum absolute atomic E-state index is 0.118. The van der Waals surface area contributed by atoms with E-state index >= 15 is 0 Å². The molecule has 0 saturated carbocycles. The number of hydrogen-bond acceptors (Lipinski definition) is 10. The molecule has 1 saturated heterocycles. The van der Waals surface area contributed by atoms with Crippen molar-refractivity contribution in [1.82, 2.24) is 0 Å². The van der Waals surface area contributed by atoms with Crippen molar-refractivity contribution < 1.29 is 48.0 Å². The van der Waals surface area contributed by atoms with Gasteiger partial charge in [-0.3, -0.25) is 0 Å². The lowest BCUT2D eigenvalue weighted by Gasteiger charge is -2.45. The fourth-order valence-electron chi connectivity index (χ4n) is 4.51. The lowest BCUT2D eigenvalue weighted by atomic mass is 9.96.